The smallest absolute Gasteiger partial charge is 0.0270 e. The van der Waals surface area contributed by atoms with Crippen LogP contribution in [0.5, 0.6) is 0 Å². The Balaban J connectivity index is 1.85. The Kier molecular flexibility index (Phi) is 5.77. The predicted molar refractivity (Wildman–Crippen MR) is 89.4 cm³/mol. The Morgan fingerprint density at radius 1 is 1.33 bits per heavy atom. The molecule has 0 aromatic carbocycles. The van der Waals surface area contributed by atoms with Crippen LogP contribution in [0, 0.1) is 11.3 Å². The summed E-state index contributed by atoms with van der Waals surface area (Å²) in [7, 11) is 4.39. The Morgan fingerprint density at radius 3 is 2.71 bits per heavy atom. The van der Waals surface area contributed by atoms with Crippen molar-refractivity contribution in [3.63, 3.8) is 0 Å². The normalized spacial score (nSPS) is 25.2. The molecule has 1 aromatic rings. The molecule has 3 nitrogen and oxygen atoms in total. The molecule has 3 heteroatoms. The molecule has 2 atom stereocenters. The zero-order valence-electron chi connectivity index (χ0n) is 14.1. The van der Waals surface area contributed by atoms with E-state index in [2.05, 4.69) is 55.3 Å². The third-order valence-electron chi connectivity index (χ3n) is 5.10. The van der Waals surface area contributed by atoms with Crippen molar-refractivity contribution in [3.05, 3.63) is 30.1 Å². The maximum Gasteiger partial charge on any atom is 0.0270 e. The van der Waals surface area contributed by atoms with Crippen LogP contribution >= 0.6 is 0 Å². The van der Waals surface area contributed by atoms with Crippen LogP contribution < -0.4 is 5.32 Å². The molecule has 1 aliphatic rings. The van der Waals surface area contributed by atoms with Crippen LogP contribution in [0.1, 0.15) is 38.7 Å². The molecule has 1 fully saturated rings. The highest BCUT2D eigenvalue weighted by molar-refractivity contribution is 5.09. The standard InChI is InChI=1S/C18H31N3/c1-18(2)10-5-6-16(17(18)19-3)14-21(4)13-9-15-7-11-20-12-8-15/h7-8,11-12,16-17,19H,5-6,9-10,13-14H2,1-4H3. The molecule has 0 spiro atoms. The van der Waals surface area contributed by atoms with Gasteiger partial charge in [-0.2, -0.15) is 0 Å². The van der Waals surface area contributed by atoms with E-state index in [1.54, 1.807) is 0 Å². The predicted octanol–water partition coefficient (Wildman–Crippen LogP) is 2.97. The molecule has 1 aromatic heterocycles. The second kappa shape index (κ2) is 7.37. The molecule has 21 heavy (non-hydrogen) atoms. The number of nitrogens with one attached hydrogen (secondary N) is 1. The van der Waals surface area contributed by atoms with Gasteiger partial charge in [-0.05, 0) is 62.4 Å². The minimum absolute atomic E-state index is 0.420. The van der Waals surface area contributed by atoms with Crippen molar-refractivity contribution in [1.29, 1.82) is 0 Å². The van der Waals surface area contributed by atoms with E-state index < -0.39 is 0 Å². The summed E-state index contributed by atoms with van der Waals surface area (Å²) < 4.78 is 0. The van der Waals surface area contributed by atoms with Crippen molar-refractivity contribution in [3.8, 4) is 0 Å². The van der Waals surface area contributed by atoms with E-state index in [4.69, 9.17) is 0 Å². The van der Waals surface area contributed by atoms with Crippen molar-refractivity contribution in [2.45, 2.75) is 45.6 Å². The highest BCUT2D eigenvalue weighted by atomic mass is 15.1. The molecular formula is C18H31N3. The third kappa shape index (κ3) is 4.52. The fraction of sp³-hybridized carbons (Fsp3) is 0.722. The van der Waals surface area contributed by atoms with E-state index in [1.807, 2.05) is 12.4 Å². The van der Waals surface area contributed by atoms with E-state index in [-0.39, 0.29) is 0 Å². The molecule has 0 radical (unpaired) electrons. The summed E-state index contributed by atoms with van der Waals surface area (Å²) in [6.07, 6.45) is 8.95. The summed E-state index contributed by atoms with van der Waals surface area (Å²) in [4.78, 5) is 6.58. The second-order valence-electron chi connectivity index (χ2n) is 7.27. The fourth-order valence-corrected chi connectivity index (χ4v) is 3.96. The van der Waals surface area contributed by atoms with Crippen LogP contribution in [0.2, 0.25) is 0 Å². The molecule has 0 saturated heterocycles. The summed E-state index contributed by atoms with van der Waals surface area (Å²) in [5, 5.41) is 3.59. The summed E-state index contributed by atoms with van der Waals surface area (Å²) >= 11 is 0. The van der Waals surface area contributed by atoms with Crippen LogP contribution in [0.4, 0.5) is 0 Å². The van der Waals surface area contributed by atoms with E-state index in [0.717, 1.165) is 18.9 Å². The molecule has 2 unspecified atom stereocenters. The molecule has 1 N–H and O–H groups in total. The van der Waals surface area contributed by atoms with Gasteiger partial charge in [0.2, 0.25) is 0 Å². The quantitative estimate of drug-likeness (QED) is 0.872. The molecule has 0 bridgehead atoms. The average molecular weight is 289 g/mol. The lowest BCUT2D eigenvalue weighted by Gasteiger charge is -2.45. The van der Waals surface area contributed by atoms with Crippen LogP contribution in [-0.4, -0.2) is 43.1 Å². The number of hydrogen-bond acceptors (Lipinski definition) is 3. The molecule has 1 heterocycles. The van der Waals surface area contributed by atoms with Gasteiger partial charge in [0.1, 0.15) is 0 Å². The molecule has 1 aliphatic carbocycles. The van der Waals surface area contributed by atoms with Crippen LogP contribution in [-0.2, 0) is 6.42 Å². The largest absolute Gasteiger partial charge is 0.316 e. The zero-order chi connectivity index (χ0) is 15.3. The van der Waals surface area contributed by atoms with Crippen LogP contribution in [0.3, 0.4) is 0 Å². The van der Waals surface area contributed by atoms with E-state index >= 15 is 0 Å². The van der Waals surface area contributed by atoms with Crippen LogP contribution in [0.15, 0.2) is 24.5 Å². The Morgan fingerprint density at radius 2 is 2.05 bits per heavy atom. The summed E-state index contributed by atoms with van der Waals surface area (Å²) in [5.41, 5.74) is 1.80. The van der Waals surface area contributed by atoms with Gasteiger partial charge in [-0.1, -0.05) is 20.3 Å². The molecule has 2 rings (SSSR count). The van der Waals surface area contributed by atoms with Gasteiger partial charge in [-0.3, -0.25) is 4.98 Å². The molecule has 0 aliphatic heterocycles. The van der Waals surface area contributed by atoms with Gasteiger partial charge < -0.3 is 10.2 Å². The molecule has 118 valence electrons. The first-order valence-electron chi connectivity index (χ1n) is 8.27. The zero-order valence-corrected chi connectivity index (χ0v) is 14.1. The van der Waals surface area contributed by atoms with Crippen molar-refractivity contribution in [2.24, 2.45) is 11.3 Å². The van der Waals surface area contributed by atoms with E-state index in [0.29, 0.717) is 11.5 Å². The monoisotopic (exact) mass is 289 g/mol. The summed E-state index contributed by atoms with van der Waals surface area (Å²) in [6, 6.07) is 4.87. The van der Waals surface area contributed by atoms with Crippen molar-refractivity contribution >= 4 is 0 Å². The first-order valence-corrected chi connectivity index (χ1v) is 8.27. The minimum Gasteiger partial charge on any atom is -0.316 e. The summed E-state index contributed by atoms with van der Waals surface area (Å²) in [6.45, 7) is 7.14. The number of rotatable bonds is 6. The van der Waals surface area contributed by atoms with Gasteiger partial charge >= 0.3 is 0 Å². The Bertz CT molecular complexity index is 416. The minimum atomic E-state index is 0.420. The first-order chi connectivity index (χ1) is 10.0. The number of hydrogen-bond donors (Lipinski definition) is 1. The second-order valence-corrected chi connectivity index (χ2v) is 7.27. The third-order valence-corrected chi connectivity index (χ3v) is 5.10. The lowest BCUT2D eigenvalue weighted by Crippen LogP contribution is -2.51. The van der Waals surface area contributed by atoms with Gasteiger partial charge in [0.25, 0.3) is 0 Å². The lowest BCUT2D eigenvalue weighted by atomic mass is 9.68. The molecular weight excluding hydrogens is 258 g/mol. The maximum atomic E-state index is 4.08. The highest BCUT2D eigenvalue weighted by Crippen LogP contribution is 2.39. The Labute approximate surface area is 130 Å². The average Bonchev–Trinajstić information content (AvgIpc) is 2.46. The van der Waals surface area contributed by atoms with Gasteiger partial charge in [0, 0.05) is 31.5 Å². The highest BCUT2D eigenvalue weighted by Gasteiger charge is 2.38. The van der Waals surface area contributed by atoms with Crippen molar-refractivity contribution in [1.82, 2.24) is 15.2 Å². The van der Waals surface area contributed by atoms with Crippen molar-refractivity contribution < 1.29 is 0 Å². The number of pyridine rings is 1. The van der Waals surface area contributed by atoms with Gasteiger partial charge in [0.15, 0.2) is 0 Å². The first kappa shape index (κ1) is 16.4. The topological polar surface area (TPSA) is 28.2 Å². The van der Waals surface area contributed by atoms with Crippen molar-refractivity contribution in [2.75, 3.05) is 27.2 Å². The van der Waals surface area contributed by atoms with E-state index in [9.17, 15) is 0 Å². The van der Waals surface area contributed by atoms with Gasteiger partial charge in [0.05, 0.1) is 0 Å². The molecule has 1 saturated carbocycles. The van der Waals surface area contributed by atoms with Gasteiger partial charge in [-0.25, -0.2) is 0 Å². The molecule has 0 amide bonds. The van der Waals surface area contributed by atoms with Gasteiger partial charge in [-0.15, -0.1) is 0 Å². The Hall–Kier alpha value is -0.930. The SMILES string of the molecule is CNC1C(CN(C)CCc2ccncc2)CCCC1(C)C. The number of nitrogens with zero attached hydrogens (tertiary/aromatic N) is 2. The number of likely N-dealkylation sites (N-methyl/N-ethyl adjacent to an activating group) is 1. The van der Waals surface area contributed by atoms with E-state index in [1.165, 1.54) is 31.4 Å². The fourth-order valence-electron chi connectivity index (χ4n) is 3.96. The lowest BCUT2D eigenvalue weighted by molar-refractivity contribution is 0.0907. The summed E-state index contributed by atoms with van der Waals surface area (Å²) in [5.74, 6) is 0.765. The van der Waals surface area contributed by atoms with Crippen LogP contribution in [0.25, 0.3) is 0 Å². The number of aromatic nitrogens is 1. The maximum absolute atomic E-state index is 4.08.